The Morgan fingerprint density at radius 2 is 2.05 bits per heavy atom. The fourth-order valence-corrected chi connectivity index (χ4v) is 2.58. The molecule has 0 N–H and O–H groups in total. The van der Waals surface area contributed by atoms with E-state index >= 15 is 0 Å². The van der Waals surface area contributed by atoms with E-state index in [0.29, 0.717) is 0 Å². The highest BCUT2D eigenvalue weighted by Crippen LogP contribution is 2.30. The van der Waals surface area contributed by atoms with E-state index in [1.807, 2.05) is 31.8 Å². The van der Waals surface area contributed by atoms with Gasteiger partial charge in [-0.25, -0.2) is 4.98 Å². The van der Waals surface area contributed by atoms with Crippen molar-refractivity contribution in [2.45, 2.75) is 13.8 Å². The SMILES string of the molecule is CC(C)=Cc1cnc2c(c1)c(-c1cnn(C)c1)cn2S. The van der Waals surface area contributed by atoms with E-state index in [9.17, 15) is 0 Å². The van der Waals surface area contributed by atoms with Crippen molar-refractivity contribution in [2.24, 2.45) is 7.05 Å². The first kappa shape index (κ1) is 13.0. The van der Waals surface area contributed by atoms with Crippen LogP contribution in [0.2, 0.25) is 0 Å². The molecule has 4 nitrogen and oxygen atoms in total. The summed E-state index contributed by atoms with van der Waals surface area (Å²) in [4.78, 5) is 4.50. The number of pyridine rings is 1. The molecule has 0 spiro atoms. The molecular formula is C15H16N4S. The van der Waals surface area contributed by atoms with E-state index in [1.165, 1.54) is 5.57 Å². The summed E-state index contributed by atoms with van der Waals surface area (Å²) in [5.41, 5.74) is 5.38. The first-order chi connectivity index (χ1) is 9.54. The molecule has 0 aliphatic heterocycles. The average Bonchev–Trinajstić information content (AvgIpc) is 2.93. The van der Waals surface area contributed by atoms with Crippen molar-refractivity contribution in [1.82, 2.24) is 18.7 Å². The third kappa shape index (κ3) is 2.25. The number of rotatable bonds is 2. The lowest BCUT2D eigenvalue weighted by Crippen LogP contribution is -1.84. The molecule has 0 aliphatic rings. The van der Waals surface area contributed by atoms with Gasteiger partial charge in [0.05, 0.1) is 6.20 Å². The normalized spacial score (nSPS) is 11.0. The van der Waals surface area contributed by atoms with Crippen LogP contribution in [0.5, 0.6) is 0 Å². The molecule has 3 rings (SSSR count). The third-order valence-corrected chi connectivity index (χ3v) is 3.42. The largest absolute Gasteiger partial charge is 0.277 e. The quantitative estimate of drug-likeness (QED) is 0.730. The predicted octanol–water partition coefficient (Wildman–Crippen LogP) is 3.55. The van der Waals surface area contributed by atoms with Crippen LogP contribution in [0.4, 0.5) is 0 Å². The van der Waals surface area contributed by atoms with Gasteiger partial charge in [0.1, 0.15) is 5.65 Å². The van der Waals surface area contributed by atoms with E-state index in [1.54, 1.807) is 8.65 Å². The number of fused-ring (bicyclic) bond motifs is 1. The van der Waals surface area contributed by atoms with Crippen molar-refractivity contribution in [3.8, 4) is 11.1 Å². The molecule has 0 saturated carbocycles. The van der Waals surface area contributed by atoms with Gasteiger partial charge in [0, 0.05) is 42.2 Å². The molecule has 0 aliphatic carbocycles. The van der Waals surface area contributed by atoms with Crippen LogP contribution in [-0.2, 0) is 7.05 Å². The molecule has 0 aromatic carbocycles. The lowest BCUT2D eigenvalue weighted by atomic mass is 10.1. The highest BCUT2D eigenvalue weighted by Gasteiger charge is 2.11. The Bertz CT molecular complexity index is 807. The summed E-state index contributed by atoms with van der Waals surface area (Å²) in [7, 11) is 1.91. The highest BCUT2D eigenvalue weighted by molar-refractivity contribution is 7.78. The molecule has 0 amide bonds. The van der Waals surface area contributed by atoms with E-state index in [2.05, 4.69) is 48.9 Å². The summed E-state index contributed by atoms with van der Waals surface area (Å²) in [6, 6.07) is 2.14. The molecular weight excluding hydrogens is 268 g/mol. The van der Waals surface area contributed by atoms with Gasteiger partial charge < -0.3 is 0 Å². The fraction of sp³-hybridized carbons (Fsp3) is 0.200. The predicted molar refractivity (Wildman–Crippen MR) is 85.6 cm³/mol. The van der Waals surface area contributed by atoms with Crippen LogP contribution >= 0.6 is 12.8 Å². The van der Waals surface area contributed by atoms with Gasteiger partial charge in [-0.15, -0.1) is 0 Å². The van der Waals surface area contributed by atoms with Gasteiger partial charge in [0.15, 0.2) is 0 Å². The molecule has 0 fully saturated rings. The van der Waals surface area contributed by atoms with E-state index in [0.717, 1.165) is 27.7 Å². The summed E-state index contributed by atoms with van der Waals surface area (Å²) in [6.45, 7) is 4.16. The summed E-state index contributed by atoms with van der Waals surface area (Å²) >= 11 is 4.44. The maximum Gasteiger partial charge on any atom is 0.150 e. The number of aryl methyl sites for hydroxylation is 1. The van der Waals surface area contributed by atoms with Crippen molar-refractivity contribution in [3.05, 3.63) is 42.0 Å². The lowest BCUT2D eigenvalue weighted by molar-refractivity contribution is 0.768. The molecule has 3 aromatic rings. The van der Waals surface area contributed by atoms with Crippen LogP contribution in [0, 0.1) is 0 Å². The van der Waals surface area contributed by atoms with Crippen LogP contribution in [0.15, 0.2) is 36.4 Å². The van der Waals surface area contributed by atoms with E-state index < -0.39 is 0 Å². The highest BCUT2D eigenvalue weighted by atomic mass is 32.1. The van der Waals surface area contributed by atoms with Gasteiger partial charge in [0.2, 0.25) is 0 Å². The number of hydrogen-bond acceptors (Lipinski definition) is 3. The topological polar surface area (TPSA) is 35.6 Å². The maximum absolute atomic E-state index is 4.50. The van der Waals surface area contributed by atoms with Crippen molar-refractivity contribution >= 4 is 29.9 Å². The molecule has 3 aromatic heterocycles. The zero-order chi connectivity index (χ0) is 14.3. The molecule has 0 saturated heterocycles. The van der Waals surface area contributed by atoms with Crippen molar-refractivity contribution < 1.29 is 0 Å². The Balaban J connectivity index is 2.24. The summed E-state index contributed by atoms with van der Waals surface area (Å²) in [5, 5.41) is 5.32. The molecule has 0 atom stereocenters. The molecule has 0 unspecified atom stereocenters. The van der Waals surface area contributed by atoms with Crippen LogP contribution in [0.3, 0.4) is 0 Å². The second kappa shape index (κ2) is 4.83. The summed E-state index contributed by atoms with van der Waals surface area (Å²) in [5.74, 6) is 0. The van der Waals surface area contributed by atoms with Gasteiger partial charge in [-0.1, -0.05) is 24.5 Å². The van der Waals surface area contributed by atoms with Gasteiger partial charge in [-0.05, 0) is 25.5 Å². The Kier molecular flexibility index (Phi) is 3.14. The Hall–Kier alpha value is -2.01. The average molecular weight is 284 g/mol. The monoisotopic (exact) mass is 284 g/mol. The maximum atomic E-state index is 4.50. The smallest absolute Gasteiger partial charge is 0.150 e. The Morgan fingerprint density at radius 1 is 1.25 bits per heavy atom. The van der Waals surface area contributed by atoms with Crippen molar-refractivity contribution in [3.63, 3.8) is 0 Å². The molecule has 5 heteroatoms. The van der Waals surface area contributed by atoms with Gasteiger partial charge in [0.25, 0.3) is 0 Å². The van der Waals surface area contributed by atoms with Gasteiger partial charge in [-0.2, -0.15) is 5.10 Å². The summed E-state index contributed by atoms with van der Waals surface area (Å²) < 4.78 is 3.55. The first-order valence-corrected chi connectivity index (χ1v) is 6.79. The van der Waals surface area contributed by atoms with Crippen molar-refractivity contribution in [2.75, 3.05) is 0 Å². The Labute approximate surface area is 123 Å². The zero-order valence-corrected chi connectivity index (χ0v) is 12.6. The van der Waals surface area contributed by atoms with Crippen LogP contribution in [0.1, 0.15) is 19.4 Å². The van der Waals surface area contributed by atoms with E-state index in [-0.39, 0.29) is 0 Å². The zero-order valence-electron chi connectivity index (χ0n) is 11.7. The number of aromatic nitrogens is 4. The van der Waals surface area contributed by atoms with E-state index in [4.69, 9.17) is 0 Å². The minimum Gasteiger partial charge on any atom is -0.277 e. The molecule has 20 heavy (non-hydrogen) atoms. The standard InChI is InChI=1S/C15H16N4S/c1-10(2)4-11-5-13-14(12-7-17-18(3)8-12)9-19(20)15(13)16-6-11/h4-9,20H,1-3H3. The van der Waals surface area contributed by atoms with Crippen molar-refractivity contribution in [1.29, 1.82) is 0 Å². The minimum atomic E-state index is 0.859. The molecule has 0 bridgehead atoms. The summed E-state index contributed by atoms with van der Waals surface area (Å²) in [6.07, 6.45) is 9.82. The number of allylic oxidation sites excluding steroid dienone is 1. The van der Waals surface area contributed by atoms with Crippen LogP contribution in [0.25, 0.3) is 28.2 Å². The first-order valence-electron chi connectivity index (χ1n) is 6.39. The fourth-order valence-electron chi connectivity index (χ4n) is 2.31. The second-order valence-corrected chi connectivity index (χ2v) is 5.58. The second-order valence-electron chi connectivity index (χ2n) is 5.15. The van der Waals surface area contributed by atoms with Gasteiger partial charge >= 0.3 is 0 Å². The number of thiol groups is 1. The molecule has 3 heterocycles. The van der Waals surface area contributed by atoms with Gasteiger partial charge in [-0.3, -0.25) is 8.65 Å². The number of hydrogen-bond donors (Lipinski definition) is 1. The minimum absolute atomic E-state index is 0.859. The lowest BCUT2D eigenvalue weighted by Gasteiger charge is -1.98. The number of nitrogens with zero attached hydrogens (tertiary/aromatic N) is 4. The third-order valence-electron chi connectivity index (χ3n) is 3.12. The van der Waals surface area contributed by atoms with Crippen LogP contribution < -0.4 is 0 Å². The molecule has 0 radical (unpaired) electrons. The molecule has 102 valence electrons. The Morgan fingerprint density at radius 3 is 2.70 bits per heavy atom. The van der Waals surface area contributed by atoms with Crippen LogP contribution in [-0.4, -0.2) is 18.7 Å².